The summed E-state index contributed by atoms with van der Waals surface area (Å²) in [6.07, 6.45) is 0.554. The standard InChI is InChI=1S/C9H14O4/c1-7(10)3-4-9(12)13-6-5-8(2)11/h3-6H2,1-2H3. The van der Waals surface area contributed by atoms with Gasteiger partial charge in [0.15, 0.2) is 0 Å². The van der Waals surface area contributed by atoms with E-state index in [2.05, 4.69) is 0 Å². The van der Waals surface area contributed by atoms with E-state index in [9.17, 15) is 14.4 Å². The zero-order valence-corrected chi connectivity index (χ0v) is 7.96. The Morgan fingerprint density at radius 3 is 1.92 bits per heavy atom. The van der Waals surface area contributed by atoms with Crippen molar-refractivity contribution in [3.63, 3.8) is 0 Å². The normalized spacial score (nSPS) is 9.38. The van der Waals surface area contributed by atoms with Crippen molar-refractivity contribution < 1.29 is 19.1 Å². The summed E-state index contributed by atoms with van der Waals surface area (Å²) in [7, 11) is 0. The molecule has 0 aromatic heterocycles. The number of esters is 1. The van der Waals surface area contributed by atoms with Gasteiger partial charge in [0.05, 0.1) is 13.0 Å². The second-order valence-electron chi connectivity index (χ2n) is 2.87. The van der Waals surface area contributed by atoms with Crippen LogP contribution in [0.1, 0.15) is 33.1 Å². The van der Waals surface area contributed by atoms with Gasteiger partial charge < -0.3 is 9.53 Å². The van der Waals surface area contributed by atoms with Crippen LogP contribution in [0.15, 0.2) is 0 Å². The van der Waals surface area contributed by atoms with Crippen LogP contribution in [-0.4, -0.2) is 24.1 Å². The van der Waals surface area contributed by atoms with E-state index in [0.29, 0.717) is 0 Å². The van der Waals surface area contributed by atoms with Crippen LogP contribution < -0.4 is 0 Å². The second kappa shape index (κ2) is 6.34. The molecule has 0 bridgehead atoms. The zero-order chi connectivity index (χ0) is 10.3. The van der Waals surface area contributed by atoms with Gasteiger partial charge in [0.25, 0.3) is 0 Å². The highest BCUT2D eigenvalue weighted by molar-refractivity contribution is 5.81. The third kappa shape index (κ3) is 8.72. The van der Waals surface area contributed by atoms with E-state index in [4.69, 9.17) is 4.74 Å². The molecule has 0 aliphatic carbocycles. The van der Waals surface area contributed by atoms with Crippen LogP contribution in [-0.2, 0) is 19.1 Å². The predicted octanol–water partition coefficient (Wildman–Crippen LogP) is 0.878. The first kappa shape index (κ1) is 11.8. The lowest BCUT2D eigenvalue weighted by molar-refractivity contribution is -0.145. The molecule has 0 aliphatic rings. The van der Waals surface area contributed by atoms with Gasteiger partial charge in [0, 0.05) is 12.8 Å². The summed E-state index contributed by atoms with van der Waals surface area (Å²) < 4.78 is 4.69. The lowest BCUT2D eigenvalue weighted by Gasteiger charge is -2.01. The highest BCUT2D eigenvalue weighted by Crippen LogP contribution is 1.95. The van der Waals surface area contributed by atoms with E-state index < -0.39 is 5.97 Å². The Balaban J connectivity index is 3.41. The van der Waals surface area contributed by atoms with Crippen molar-refractivity contribution in [2.24, 2.45) is 0 Å². The molecule has 4 heteroatoms. The summed E-state index contributed by atoms with van der Waals surface area (Å²) in [6.45, 7) is 2.97. The molecule has 0 N–H and O–H groups in total. The van der Waals surface area contributed by atoms with Crippen LogP contribution in [0.2, 0.25) is 0 Å². The Hall–Kier alpha value is -1.19. The summed E-state index contributed by atoms with van der Waals surface area (Å²) >= 11 is 0. The lowest BCUT2D eigenvalue weighted by Crippen LogP contribution is -2.09. The van der Waals surface area contributed by atoms with E-state index in [-0.39, 0.29) is 37.4 Å². The largest absolute Gasteiger partial charge is 0.465 e. The van der Waals surface area contributed by atoms with Gasteiger partial charge in [0.1, 0.15) is 11.6 Å². The van der Waals surface area contributed by atoms with E-state index in [1.807, 2.05) is 0 Å². The van der Waals surface area contributed by atoms with Gasteiger partial charge in [-0.2, -0.15) is 0 Å². The maximum absolute atomic E-state index is 10.8. The zero-order valence-electron chi connectivity index (χ0n) is 7.96. The van der Waals surface area contributed by atoms with Crippen LogP contribution in [0.5, 0.6) is 0 Å². The van der Waals surface area contributed by atoms with Crippen molar-refractivity contribution in [2.75, 3.05) is 6.61 Å². The summed E-state index contributed by atoms with van der Waals surface area (Å²) in [6, 6.07) is 0. The van der Waals surface area contributed by atoms with Gasteiger partial charge in [-0.3, -0.25) is 9.59 Å². The third-order valence-corrected chi connectivity index (χ3v) is 1.40. The first-order chi connectivity index (χ1) is 6.02. The van der Waals surface area contributed by atoms with E-state index in [0.717, 1.165) is 0 Å². The molecule has 0 aromatic rings. The number of hydrogen-bond acceptors (Lipinski definition) is 4. The molecule has 13 heavy (non-hydrogen) atoms. The van der Waals surface area contributed by atoms with E-state index >= 15 is 0 Å². The minimum Gasteiger partial charge on any atom is -0.465 e. The number of ketones is 2. The Kier molecular flexibility index (Phi) is 5.76. The topological polar surface area (TPSA) is 60.4 Å². The molecule has 0 heterocycles. The molecule has 0 radical (unpaired) electrons. The molecule has 0 spiro atoms. The van der Waals surface area contributed by atoms with Crippen molar-refractivity contribution in [1.82, 2.24) is 0 Å². The van der Waals surface area contributed by atoms with Gasteiger partial charge in [-0.25, -0.2) is 0 Å². The summed E-state index contributed by atoms with van der Waals surface area (Å²) in [5.74, 6) is -0.473. The SMILES string of the molecule is CC(=O)CCOC(=O)CCC(C)=O. The van der Waals surface area contributed by atoms with Crippen LogP contribution in [0.25, 0.3) is 0 Å². The number of rotatable bonds is 6. The highest BCUT2D eigenvalue weighted by Gasteiger charge is 2.04. The van der Waals surface area contributed by atoms with Gasteiger partial charge in [0.2, 0.25) is 0 Å². The second-order valence-corrected chi connectivity index (χ2v) is 2.87. The van der Waals surface area contributed by atoms with Gasteiger partial charge in [-0.1, -0.05) is 0 Å². The smallest absolute Gasteiger partial charge is 0.306 e. The Bertz CT molecular complexity index is 208. The van der Waals surface area contributed by atoms with Crippen molar-refractivity contribution in [3.8, 4) is 0 Å². The third-order valence-electron chi connectivity index (χ3n) is 1.40. The Morgan fingerprint density at radius 2 is 1.46 bits per heavy atom. The quantitative estimate of drug-likeness (QED) is 0.578. The molecule has 0 amide bonds. The molecule has 74 valence electrons. The number of carbonyl (C=O) groups is 3. The van der Waals surface area contributed by atoms with Crippen LogP contribution in [0, 0.1) is 0 Å². The molecule has 0 saturated carbocycles. The summed E-state index contributed by atoms with van der Waals surface area (Å²) in [5, 5.41) is 0. The van der Waals surface area contributed by atoms with E-state index in [1.54, 1.807) is 0 Å². The number of carbonyl (C=O) groups excluding carboxylic acids is 3. The van der Waals surface area contributed by atoms with Crippen molar-refractivity contribution in [1.29, 1.82) is 0 Å². The molecule has 0 fully saturated rings. The summed E-state index contributed by atoms with van der Waals surface area (Å²) in [4.78, 5) is 31.8. The maximum atomic E-state index is 10.8. The maximum Gasteiger partial charge on any atom is 0.306 e. The lowest BCUT2D eigenvalue weighted by atomic mass is 10.2. The van der Waals surface area contributed by atoms with E-state index in [1.165, 1.54) is 13.8 Å². The van der Waals surface area contributed by atoms with Crippen LogP contribution >= 0.6 is 0 Å². The van der Waals surface area contributed by atoms with Crippen molar-refractivity contribution in [3.05, 3.63) is 0 Å². The van der Waals surface area contributed by atoms with Crippen LogP contribution in [0.3, 0.4) is 0 Å². The van der Waals surface area contributed by atoms with Crippen LogP contribution in [0.4, 0.5) is 0 Å². The number of ether oxygens (including phenoxy) is 1. The highest BCUT2D eigenvalue weighted by atomic mass is 16.5. The molecule has 4 nitrogen and oxygen atoms in total. The summed E-state index contributed by atoms with van der Waals surface area (Å²) in [5.41, 5.74) is 0. The predicted molar refractivity (Wildman–Crippen MR) is 46.2 cm³/mol. The number of Topliss-reactive ketones (excluding diaryl/α,β-unsaturated/α-hetero) is 2. The monoisotopic (exact) mass is 186 g/mol. The fourth-order valence-corrected chi connectivity index (χ4v) is 0.659. The minimum atomic E-state index is -0.420. The minimum absolute atomic E-state index is 0.0145. The molecular formula is C9H14O4. The molecule has 0 aliphatic heterocycles. The van der Waals surface area contributed by atoms with Gasteiger partial charge >= 0.3 is 5.97 Å². The fraction of sp³-hybridized carbons (Fsp3) is 0.667. The van der Waals surface area contributed by atoms with Gasteiger partial charge in [-0.05, 0) is 13.8 Å². The first-order valence-electron chi connectivity index (χ1n) is 4.17. The Labute approximate surface area is 77.3 Å². The molecule has 0 aromatic carbocycles. The fourth-order valence-electron chi connectivity index (χ4n) is 0.659. The number of hydrogen-bond donors (Lipinski definition) is 0. The molecular weight excluding hydrogens is 172 g/mol. The average molecular weight is 186 g/mol. The molecule has 0 atom stereocenters. The molecule has 0 unspecified atom stereocenters. The Morgan fingerprint density at radius 1 is 0.923 bits per heavy atom. The first-order valence-corrected chi connectivity index (χ1v) is 4.17. The molecule has 0 rings (SSSR count). The van der Waals surface area contributed by atoms with Gasteiger partial charge in [-0.15, -0.1) is 0 Å². The van der Waals surface area contributed by atoms with Crippen molar-refractivity contribution in [2.45, 2.75) is 33.1 Å². The molecule has 0 saturated heterocycles. The average Bonchev–Trinajstić information content (AvgIpc) is 2.00. The van der Waals surface area contributed by atoms with Crippen molar-refractivity contribution >= 4 is 17.5 Å².